The van der Waals surface area contributed by atoms with Crippen LogP contribution in [0, 0.1) is 5.92 Å². The highest BCUT2D eigenvalue weighted by molar-refractivity contribution is 5.85. The first kappa shape index (κ1) is 13.3. The lowest BCUT2D eigenvalue weighted by atomic mass is 10.0. The lowest BCUT2D eigenvalue weighted by Crippen LogP contribution is -2.32. The minimum absolute atomic E-state index is 0. The summed E-state index contributed by atoms with van der Waals surface area (Å²) in [4.78, 5) is 1.54. The van der Waals surface area contributed by atoms with Crippen molar-refractivity contribution in [2.45, 2.75) is 19.4 Å². The van der Waals surface area contributed by atoms with Gasteiger partial charge < -0.3 is 10.1 Å². The van der Waals surface area contributed by atoms with Gasteiger partial charge in [-0.15, -0.1) is 22.6 Å². The van der Waals surface area contributed by atoms with Crippen molar-refractivity contribution in [3.63, 3.8) is 0 Å². The van der Waals surface area contributed by atoms with E-state index in [2.05, 4.69) is 20.7 Å². The highest BCUT2D eigenvalue weighted by atomic mass is 35.5. The second kappa shape index (κ2) is 7.54. The fraction of sp³-hybridized carbons (Fsp3) is 0.889. The van der Waals surface area contributed by atoms with Gasteiger partial charge in [0.25, 0.3) is 0 Å². The molecule has 2 heterocycles. The predicted molar refractivity (Wildman–Crippen MR) is 61.5 cm³/mol. The molecule has 1 aromatic heterocycles. The molecule has 7 heteroatoms. The van der Waals surface area contributed by atoms with Crippen LogP contribution in [0.3, 0.4) is 0 Å². The second-order valence-corrected chi connectivity index (χ2v) is 3.82. The van der Waals surface area contributed by atoms with Crippen molar-refractivity contribution in [1.82, 2.24) is 25.5 Å². The van der Waals surface area contributed by atoms with Crippen LogP contribution in [-0.2, 0) is 11.3 Å². The number of hydrogen-bond donors (Lipinski definition) is 1. The Kier molecular flexibility index (Phi) is 6.29. The normalized spacial score (nSPS) is 20.4. The molecule has 0 spiro atoms. The molecule has 16 heavy (non-hydrogen) atoms. The Morgan fingerprint density at radius 1 is 1.50 bits per heavy atom. The molecular weight excluding hydrogens is 230 g/mol. The van der Waals surface area contributed by atoms with Gasteiger partial charge in [-0.05, 0) is 30.5 Å². The molecule has 1 aromatic rings. The molecule has 0 radical (unpaired) electrons. The number of nitrogens with zero attached hydrogens (tertiary/aromatic N) is 4. The van der Waals surface area contributed by atoms with E-state index >= 15 is 0 Å². The number of rotatable bonds is 5. The van der Waals surface area contributed by atoms with Gasteiger partial charge in [0.05, 0.1) is 19.8 Å². The van der Waals surface area contributed by atoms with Gasteiger partial charge in [-0.25, -0.2) is 0 Å². The zero-order valence-electron chi connectivity index (χ0n) is 9.21. The van der Waals surface area contributed by atoms with Crippen LogP contribution < -0.4 is 5.32 Å². The summed E-state index contributed by atoms with van der Waals surface area (Å²) in [5.41, 5.74) is 0. The largest absolute Gasteiger partial charge is 0.379 e. The number of halogens is 1. The van der Waals surface area contributed by atoms with E-state index in [1.54, 1.807) is 4.80 Å². The molecule has 2 rings (SSSR count). The van der Waals surface area contributed by atoms with Crippen molar-refractivity contribution >= 4 is 12.4 Å². The van der Waals surface area contributed by atoms with Crippen molar-refractivity contribution in [1.29, 1.82) is 0 Å². The van der Waals surface area contributed by atoms with Crippen LogP contribution >= 0.6 is 12.4 Å². The van der Waals surface area contributed by atoms with Gasteiger partial charge in [0, 0.05) is 6.54 Å². The van der Waals surface area contributed by atoms with Gasteiger partial charge >= 0.3 is 0 Å². The minimum Gasteiger partial charge on any atom is -0.379 e. The van der Waals surface area contributed by atoms with Gasteiger partial charge in [-0.1, -0.05) is 0 Å². The molecule has 0 unspecified atom stereocenters. The first-order valence-corrected chi connectivity index (χ1v) is 5.44. The summed E-state index contributed by atoms with van der Waals surface area (Å²) in [6.45, 7) is 4.41. The maximum atomic E-state index is 5.58. The number of ether oxygens (including phenoxy) is 1. The fourth-order valence-corrected chi connectivity index (χ4v) is 1.75. The van der Waals surface area contributed by atoms with Gasteiger partial charge in [-0.2, -0.15) is 4.80 Å². The van der Waals surface area contributed by atoms with E-state index in [-0.39, 0.29) is 12.4 Å². The van der Waals surface area contributed by atoms with Crippen LogP contribution in [0.5, 0.6) is 0 Å². The van der Waals surface area contributed by atoms with Gasteiger partial charge in [-0.3, -0.25) is 0 Å². The number of tetrazole rings is 1. The molecule has 0 saturated carbocycles. The molecular formula is C9H18ClN5O. The maximum absolute atomic E-state index is 5.58. The summed E-state index contributed by atoms with van der Waals surface area (Å²) in [7, 11) is 0. The van der Waals surface area contributed by atoms with Crippen LogP contribution in [0.4, 0.5) is 0 Å². The van der Waals surface area contributed by atoms with Crippen LogP contribution in [0.1, 0.15) is 12.8 Å². The molecule has 1 atom stereocenters. The Morgan fingerprint density at radius 3 is 3.12 bits per heavy atom. The molecule has 0 aromatic carbocycles. The molecule has 0 aliphatic carbocycles. The van der Waals surface area contributed by atoms with E-state index < -0.39 is 0 Å². The zero-order chi connectivity index (χ0) is 10.3. The SMILES string of the molecule is Cl.c1nnn(CCOC[C@H]2CCCNC2)n1. The zero-order valence-corrected chi connectivity index (χ0v) is 10.0. The van der Waals surface area contributed by atoms with Gasteiger partial charge in [0.2, 0.25) is 0 Å². The highest BCUT2D eigenvalue weighted by Crippen LogP contribution is 2.09. The third kappa shape index (κ3) is 4.42. The first-order chi connectivity index (χ1) is 7.45. The molecule has 1 N–H and O–H groups in total. The predicted octanol–water partition coefficient (Wildman–Crippen LogP) is 0.111. The van der Waals surface area contributed by atoms with Crippen LogP contribution in [0.15, 0.2) is 6.33 Å². The summed E-state index contributed by atoms with van der Waals surface area (Å²) in [6, 6.07) is 0. The minimum atomic E-state index is 0. The first-order valence-electron chi connectivity index (χ1n) is 5.44. The van der Waals surface area contributed by atoms with Crippen LogP contribution in [-0.4, -0.2) is 46.5 Å². The number of hydrogen-bond acceptors (Lipinski definition) is 5. The van der Waals surface area contributed by atoms with Crippen molar-refractivity contribution in [3.05, 3.63) is 6.33 Å². The number of nitrogens with one attached hydrogen (secondary N) is 1. The Labute approximate surface area is 101 Å². The van der Waals surface area contributed by atoms with Crippen molar-refractivity contribution in [2.75, 3.05) is 26.3 Å². The molecule has 0 bridgehead atoms. The highest BCUT2D eigenvalue weighted by Gasteiger charge is 2.12. The van der Waals surface area contributed by atoms with Crippen molar-refractivity contribution < 1.29 is 4.74 Å². The molecule has 6 nitrogen and oxygen atoms in total. The Balaban J connectivity index is 0.00000128. The molecule has 1 fully saturated rings. The van der Waals surface area contributed by atoms with E-state index in [1.165, 1.54) is 19.2 Å². The Morgan fingerprint density at radius 2 is 2.44 bits per heavy atom. The summed E-state index contributed by atoms with van der Waals surface area (Å²) < 4.78 is 5.58. The van der Waals surface area contributed by atoms with E-state index in [9.17, 15) is 0 Å². The van der Waals surface area contributed by atoms with E-state index in [0.29, 0.717) is 19.1 Å². The lowest BCUT2D eigenvalue weighted by Gasteiger charge is -2.22. The molecule has 1 aliphatic heterocycles. The Hall–Kier alpha value is -0.720. The third-order valence-corrected chi connectivity index (χ3v) is 2.58. The third-order valence-electron chi connectivity index (χ3n) is 2.58. The second-order valence-electron chi connectivity index (χ2n) is 3.82. The van der Waals surface area contributed by atoms with Gasteiger partial charge in [0.15, 0.2) is 6.33 Å². The summed E-state index contributed by atoms with van der Waals surface area (Å²) in [6.07, 6.45) is 3.97. The summed E-state index contributed by atoms with van der Waals surface area (Å²) in [5, 5.41) is 14.7. The average Bonchev–Trinajstić information content (AvgIpc) is 2.79. The Bertz CT molecular complexity index is 263. The van der Waals surface area contributed by atoms with Crippen molar-refractivity contribution in [2.24, 2.45) is 5.92 Å². The number of aromatic nitrogens is 4. The fourth-order valence-electron chi connectivity index (χ4n) is 1.75. The van der Waals surface area contributed by atoms with E-state index in [1.807, 2.05) is 0 Å². The summed E-state index contributed by atoms with van der Waals surface area (Å²) >= 11 is 0. The standard InChI is InChI=1S/C9H17N5O.ClH/c1-2-9(6-10-3-1)7-15-5-4-14-12-8-11-13-14;/h8-10H,1-7H2;1H/t9-;/m0./s1. The number of piperidine rings is 1. The molecule has 92 valence electrons. The molecule has 1 saturated heterocycles. The smallest absolute Gasteiger partial charge is 0.162 e. The van der Waals surface area contributed by atoms with E-state index in [0.717, 1.165) is 19.7 Å². The summed E-state index contributed by atoms with van der Waals surface area (Å²) in [5.74, 6) is 0.669. The van der Waals surface area contributed by atoms with Crippen LogP contribution in [0.2, 0.25) is 0 Å². The molecule has 0 amide bonds. The lowest BCUT2D eigenvalue weighted by molar-refractivity contribution is 0.0801. The van der Waals surface area contributed by atoms with E-state index in [4.69, 9.17) is 4.74 Å². The maximum Gasteiger partial charge on any atom is 0.162 e. The monoisotopic (exact) mass is 247 g/mol. The topological polar surface area (TPSA) is 64.9 Å². The quantitative estimate of drug-likeness (QED) is 0.749. The average molecular weight is 248 g/mol. The van der Waals surface area contributed by atoms with Crippen molar-refractivity contribution in [3.8, 4) is 0 Å². The van der Waals surface area contributed by atoms with Crippen LogP contribution in [0.25, 0.3) is 0 Å². The van der Waals surface area contributed by atoms with Gasteiger partial charge in [0.1, 0.15) is 0 Å². The molecule has 1 aliphatic rings.